The van der Waals surface area contributed by atoms with Crippen LogP contribution in [0.3, 0.4) is 0 Å². The van der Waals surface area contributed by atoms with E-state index in [1.54, 1.807) is 0 Å². The van der Waals surface area contributed by atoms with E-state index in [1.165, 1.54) is 0 Å². The van der Waals surface area contributed by atoms with Gasteiger partial charge in [-0.3, -0.25) is 14.3 Å². The Labute approximate surface area is 149 Å². The van der Waals surface area contributed by atoms with Crippen molar-refractivity contribution in [2.24, 2.45) is 10.9 Å². The highest BCUT2D eigenvalue weighted by atomic mass is 15.3. The monoisotopic (exact) mass is 343 g/mol. The maximum absolute atomic E-state index is 4.37. The van der Waals surface area contributed by atoms with Crippen LogP contribution in [0.1, 0.15) is 26.6 Å². The summed E-state index contributed by atoms with van der Waals surface area (Å²) >= 11 is 0. The van der Waals surface area contributed by atoms with Crippen molar-refractivity contribution < 1.29 is 0 Å². The minimum atomic E-state index is 0.433. The van der Waals surface area contributed by atoms with Gasteiger partial charge in [-0.25, -0.2) is 0 Å². The fraction of sp³-hybridized carbons (Fsp3) is 0.611. The lowest BCUT2D eigenvalue weighted by Crippen LogP contribution is -2.47. The molecule has 0 bridgehead atoms. The van der Waals surface area contributed by atoms with Crippen LogP contribution < -0.4 is 10.6 Å². The summed E-state index contributed by atoms with van der Waals surface area (Å²) in [7, 11) is 1.82. The van der Waals surface area contributed by atoms with Gasteiger partial charge in [-0.1, -0.05) is 13.0 Å². The molecule has 7 heteroatoms. The van der Waals surface area contributed by atoms with E-state index in [-0.39, 0.29) is 0 Å². The fourth-order valence-electron chi connectivity index (χ4n) is 3.34. The van der Waals surface area contributed by atoms with Crippen molar-refractivity contribution >= 4 is 11.6 Å². The number of rotatable bonds is 5. The Hall–Kier alpha value is -2.15. The van der Waals surface area contributed by atoms with Crippen LogP contribution in [0.4, 0.5) is 0 Å². The first kappa shape index (κ1) is 17.7. The predicted molar refractivity (Wildman–Crippen MR) is 101 cm³/mol. The molecule has 1 aliphatic rings. The van der Waals surface area contributed by atoms with Crippen LogP contribution in [-0.4, -0.2) is 64.2 Å². The summed E-state index contributed by atoms with van der Waals surface area (Å²) in [5.74, 6) is 2.43. The van der Waals surface area contributed by atoms with Gasteiger partial charge in [0.15, 0.2) is 11.6 Å². The number of pyridine rings is 1. The van der Waals surface area contributed by atoms with Gasteiger partial charge in [-0.05, 0) is 31.9 Å². The largest absolute Gasteiger partial charge is 0.356 e. The molecule has 0 aliphatic carbocycles. The molecule has 0 aromatic carbocycles. The van der Waals surface area contributed by atoms with E-state index < -0.39 is 0 Å². The Balaban J connectivity index is 1.51. The van der Waals surface area contributed by atoms with E-state index in [2.05, 4.69) is 51.5 Å². The maximum atomic E-state index is 4.37. The topological polar surface area (TPSA) is 69.8 Å². The highest BCUT2D eigenvalue weighted by Crippen LogP contribution is 2.18. The third kappa shape index (κ3) is 4.10. The van der Waals surface area contributed by atoms with Crippen LogP contribution in [0, 0.1) is 5.92 Å². The molecule has 7 nitrogen and oxygen atoms in total. The van der Waals surface area contributed by atoms with Crippen molar-refractivity contribution in [3.8, 4) is 0 Å². The Morgan fingerprint density at radius 1 is 1.32 bits per heavy atom. The van der Waals surface area contributed by atoms with Gasteiger partial charge in [0.05, 0.1) is 0 Å². The van der Waals surface area contributed by atoms with E-state index in [9.17, 15) is 0 Å². The number of hydrogen-bond donors (Lipinski definition) is 2. The third-order valence-corrected chi connectivity index (χ3v) is 4.94. The predicted octanol–water partition coefficient (Wildman–Crippen LogP) is 1.17. The van der Waals surface area contributed by atoms with Crippen LogP contribution in [0.2, 0.25) is 0 Å². The summed E-state index contributed by atoms with van der Waals surface area (Å²) < 4.78 is 2.03. The Morgan fingerprint density at radius 3 is 2.88 bits per heavy atom. The van der Waals surface area contributed by atoms with Gasteiger partial charge in [-0.2, -0.15) is 0 Å². The van der Waals surface area contributed by atoms with Crippen molar-refractivity contribution in [3.05, 3.63) is 30.2 Å². The summed E-state index contributed by atoms with van der Waals surface area (Å²) in [4.78, 5) is 6.88. The number of nitrogens with one attached hydrogen (secondary N) is 2. The molecule has 2 atom stereocenters. The van der Waals surface area contributed by atoms with Crippen LogP contribution in [0.25, 0.3) is 5.65 Å². The number of aliphatic imine (C=N–C) groups is 1. The molecular weight excluding hydrogens is 314 g/mol. The smallest absolute Gasteiger partial charge is 0.191 e. The first-order valence-electron chi connectivity index (χ1n) is 9.08. The highest BCUT2D eigenvalue weighted by molar-refractivity contribution is 5.80. The number of guanidine groups is 1. The van der Waals surface area contributed by atoms with Gasteiger partial charge < -0.3 is 10.6 Å². The number of fused-ring (bicyclic) bond motifs is 1. The minimum absolute atomic E-state index is 0.433. The lowest BCUT2D eigenvalue weighted by atomic mass is 10.1. The highest BCUT2D eigenvalue weighted by Gasteiger charge is 2.31. The summed E-state index contributed by atoms with van der Waals surface area (Å²) in [6.07, 6.45) is 2.79. The second-order valence-corrected chi connectivity index (χ2v) is 7.07. The molecule has 2 unspecified atom stereocenters. The van der Waals surface area contributed by atoms with Crippen molar-refractivity contribution in [2.45, 2.75) is 39.3 Å². The molecule has 25 heavy (non-hydrogen) atoms. The number of aromatic nitrogens is 3. The molecule has 2 aromatic rings. The molecule has 1 fully saturated rings. The summed E-state index contributed by atoms with van der Waals surface area (Å²) in [6, 6.07) is 6.95. The molecular formula is C18H29N7. The molecule has 3 heterocycles. The zero-order valence-electron chi connectivity index (χ0n) is 15.6. The summed E-state index contributed by atoms with van der Waals surface area (Å²) in [5.41, 5.74) is 0.883. The fourth-order valence-corrected chi connectivity index (χ4v) is 3.34. The van der Waals surface area contributed by atoms with Crippen LogP contribution in [0.5, 0.6) is 0 Å². The molecule has 3 rings (SSSR count). The van der Waals surface area contributed by atoms with Crippen molar-refractivity contribution in [3.63, 3.8) is 0 Å². The molecule has 1 aliphatic heterocycles. The second-order valence-electron chi connectivity index (χ2n) is 7.07. The van der Waals surface area contributed by atoms with Gasteiger partial charge >= 0.3 is 0 Å². The standard InChI is InChI=1S/C18H29N7/c1-13(2)24-11-14(3)15(12-24)21-18(19-4)20-9-8-17-23-22-16-7-5-6-10-25(16)17/h5-7,10,13-15H,8-9,11-12H2,1-4H3,(H2,19,20,21). The van der Waals surface area contributed by atoms with Crippen molar-refractivity contribution in [1.82, 2.24) is 30.1 Å². The van der Waals surface area contributed by atoms with E-state index in [0.717, 1.165) is 43.5 Å². The zero-order chi connectivity index (χ0) is 17.8. The second kappa shape index (κ2) is 7.82. The molecule has 2 N–H and O–H groups in total. The van der Waals surface area contributed by atoms with E-state index >= 15 is 0 Å². The van der Waals surface area contributed by atoms with Gasteiger partial charge in [0.25, 0.3) is 0 Å². The van der Waals surface area contributed by atoms with Gasteiger partial charge in [0, 0.05) is 51.4 Å². The SMILES string of the molecule is CN=C(NCCc1nnc2ccccn12)NC1CN(C(C)C)CC1C. The van der Waals surface area contributed by atoms with E-state index in [0.29, 0.717) is 18.0 Å². The minimum Gasteiger partial charge on any atom is -0.356 e. The quantitative estimate of drug-likeness (QED) is 0.630. The van der Waals surface area contributed by atoms with E-state index in [4.69, 9.17) is 0 Å². The van der Waals surface area contributed by atoms with Gasteiger partial charge in [0.1, 0.15) is 5.82 Å². The maximum Gasteiger partial charge on any atom is 0.191 e. The first-order valence-corrected chi connectivity index (χ1v) is 9.08. The lowest BCUT2D eigenvalue weighted by molar-refractivity contribution is 0.265. The number of hydrogen-bond acceptors (Lipinski definition) is 4. The number of likely N-dealkylation sites (tertiary alicyclic amines) is 1. The molecule has 0 radical (unpaired) electrons. The summed E-state index contributed by atoms with van der Waals surface area (Å²) in [5, 5.41) is 15.4. The normalized spacial score (nSPS) is 22.0. The lowest BCUT2D eigenvalue weighted by Gasteiger charge is -2.21. The molecule has 1 saturated heterocycles. The van der Waals surface area contributed by atoms with E-state index in [1.807, 2.05) is 35.8 Å². The Kier molecular flexibility index (Phi) is 5.53. The molecule has 2 aromatic heterocycles. The third-order valence-electron chi connectivity index (χ3n) is 4.94. The van der Waals surface area contributed by atoms with Crippen molar-refractivity contribution in [2.75, 3.05) is 26.7 Å². The van der Waals surface area contributed by atoms with Gasteiger partial charge in [-0.15, -0.1) is 10.2 Å². The van der Waals surface area contributed by atoms with Crippen LogP contribution in [0.15, 0.2) is 29.4 Å². The summed E-state index contributed by atoms with van der Waals surface area (Å²) in [6.45, 7) is 9.78. The van der Waals surface area contributed by atoms with Crippen molar-refractivity contribution in [1.29, 1.82) is 0 Å². The van der Waals surface area contributed by atoms with Crippen LogP contribution in [-0.2, 0) is 6.42 Å². The molecule has 0 amide bonds. The number of nitrogens with zero attached hydrogens (tertiary/aromatic N) is 5. The average molecular weight is 343 g/mol. The van der Waals surface area contributed by atoms with Gasteiger partial charge in [0.2, 0.25) is 0 Å². The average Bonchev–Trinajstić information content (AvgIpc) is 3.18. The first-order chi connectivity index (χ1) is 12.1. The van der Waals surface area contributed by atoms with Crippen LogP contribution >= 0.6 is 0 Å². The zero-order valence-corrected chi connectivity index (χ0v) is 15.6. The Bertz CT molecular complexity index is 721. The molecule has 0 saturated carbocycles. The molecule has 136 valence electrons. The molecule has 0 spiro atoms. The Morgan fingerprint density at radius 2 is 2.16 bits per heavy atom.